The Balaban J connectivity index is 1.99. The van der Waals surface area contributed by atoms with Gasteiger partial charge in [0.05, 0.1) is 0 Å². The summed E-state index contributed by atoms with van der Waals surface area (Å²) < 4.78 is 1.83. The molecule has 136 valence electrons. The average Bonchev–Trinajstić information content (AvgIpc) is 2.67. The van der Waals surface area contributed by atoms with E-state index in [0.717, 1.165) is 11.1 Å². The fourth-order valence-electron chi connectivity index (χ4n) is 2.71. The molecule has 2 N–H and O–H groups in total. The van der Waals surface area contributed by atoms with Crippen LogP contribution in [0.4, 0.5) is 0 Å². The summed E-state index contributed by atoms with van der Waals surface area (Å²) >= 11 is 11.7. The monoisotopic (exact) mass is 395 g/mol. The largest absolute Gasteiger partial charge is 0.502 e. The van der Waals surface area contributed by atoms with Crippen LogP contribution in [0, 0.1) is 6.92 Å². The fourth-order valence-corrected chi connectivity index (χ4v) is 3.18. The summed E-state index contributed by atoms with van der Waals surface area (Å²) in [5.74, 6) is 0.0682. The highest BCUT2D eigenvalue weighted by molar-refractivity contribution is 7.81. The highest BCUT2D eigenvalue weighted by Gasteiger charge is 2.23. The molecule has 27 heavy (non-hydrogen) atoms. The lowest BCUT2D eigenvalue weighted by Gasteiger charge is -2.11. The molecule has 0 saturated carbocycles. The first-order valence-corrected chi connectivity index (χ1v) is 9.33. The maximum Gasteiger partial charge on any atom is 0.288 e. The van der Waals surface area contributed by atoms with E-state index in [4.69, 9.17) is 23.8 Å². The van der Waals surface area contributed by atoms with Crippen molar-refractivity contribution in [2.75, 3.05) is 0 Å². The number of thiocarbonyl (C=S) groups is 1. The lowest BCUT2D eigenvalue weighted by Crippen LogP contribution is -2.41. The lowest BCUT2D eigenvalue weighted by molar-refractivity contribution is -0.576. The van der Waals surface area contributed by atoms with Crippen LogP contribution in [0.15, 0.2) is 79.1 Å². The predicted molar refractivity (Wildman–Crippen MR) is 114 cm³/mol. The molecule has 3 nitrogen and oxygen atoms in total. The number of aromatic nitrogens is 1. The minimum atomic E-state index is 0.0682. The number of nitrogens with one attached hydrogen (secondary N) is 1. The number of aliphatic hydroxyl groups is 1. The molecule has 2 aromatic carbocycles. The third kappa shape index (κ3) is 4.94. The van der Waals surface area contributed by atoms with E-state index in [-0.39, 0.29) is 5.76 Å². The van der Waals surface area contributed by atoms with Crippen LogP contribution in [0.2, 0.25) is 5.02 Å². The van der Waals surface area contributed by atoms with Gasteiger partial charge in [0, 0.05) is 28.8 Å². The molecule has 0 aliphatic heterocycles. The highest BCUT2D eigenvalue weighted by atomic mass is 35.5. The molecule has 0 saturated heterocycles. The van der Waals surface area contributed by atoms with Crippen LogP contribution in [0.25, 0.3) is 11.5 Å². The third-order valence-corrected chi connectivity index (χ3v) is 4.61. The quantitative estimate of drug-likeness (QED) is 0.278. The van der Waals surface area contributed by atoms with E-state index in [2.05, 4.69) is 5.32 Å². The Hall–Kier alpha value is -2.69. The van der Waals surface area contributed by atoms with Crippen molar-refractivity contribution >= 4 is 40.3 Å². The molecule has 0 amide bonds. The van der Waals surface area contributed by atoms with E-state index in [9.17, 15) is 5.11 Å². The fraction of sp³-hybridized carbons (Fsp3) is 0.0909. The Morgan fingerprint density at radius 2 is 1.85 bits per heavy atom. The van der Waals surface area contributed by atoms with Crippen LogP contribution >= 0.6 is 23.8 Å². The second-order valence-corrected chi connectivity index (χ2v) is 7.01. The molecular weight excluding hydrogens is 376 g/mol. The molecule has 1 heterocycles. The molecule has 0 spiro atoms. The zero-order valence-corrected chi connectivity index (χ0v) is 16.5. The molecule has 0 unspecified atom stereocenters. The van der Waals surface area contributed by atoms with E-state index in [1.807, 2.05) is 66.3 Å². The van der Waals surface area contributed by atoms with Gasteiger partial charge in [-0.25, -0.2) is 0 Å². The second kappa shape index (κ2) is 8.80. The van der Waals surface area contributed by atoms with Gasteiger partial charge in [0.15, 0.2) is 23.1 Å². The maximum atomic E-state index is 11.0. The lowest BCUT2D eigenvalue weighted by atomic mass is 10.1. The van der Waals surface area contributed by atoms with Crippen LogP contribution < -0.4 is 9.88 Å². The van der Waals surface area contributed by atoms with Crippen molar-refractivity contribution in [2.24, 2.45) is 0 Å². The number of hydrogen-bond donors (Lipinski definition) is 2. The summed E-state index contributed by atoms with van der Waals surface area (Å²) in [4.78, 5) is 0.451. The van der Waals surface area contributed by atoms with Gasteiger partial charge < -0.3 is 10.4 Å². The van der Waals surface area contributed by atoms with Crippen molar-refractivity contribution in [3.8, 4) is 0 Å². The van der Waals surface area contributed by atoms with Crippen molar-refractivity contribution < 1.29 is 9.67 Å². The minimum Gasteiger partial charge on any atom is -0.502 e. The van der Waals surface area contributed by atoms with Crippen molar-refractivity contribution in [3.63, 3.8) is 0 Å². The zero-order chi connectivity index (χ0) is 19.2. The number of nitrogens with zero attached hydrogens (tertiary/aromatic N) is 1. The van der Waals surface area contributed by atoms with Crippen LogP contribution in [-0.4, -0.2) is 10.1 Å². The summed E-state index contributed by atoms with van der Waals surface area (Å²) in [5.41, 5.74) is 3.28. The highest BCUT2D eigenvalue weighted by Crippen LogP contribution is 2.20. The van der Waals surface area contributed by atoms with Gasteiger partial charge in [-0.3, -0.25) is 0 Å². The van der Waals surface area contributed by atoms with Crippen molar-refractivity contribution in [3.05, 3.63) is 101 Å². The standard InChI is InChI=1S/C22H19ClN2OS/c1-16-7-6-12-25(15-16)20(21(26)18-10-5-11-19(23)13-18)22(27)24-14-17-8-3-2-4-9-17/h2-13,15H,14H2,1H3,(H-,24,26,27)/p+1. The van der Waals surface area contributed by atoms with E-state index in [0.29, 0.717) is 27.8 Å². The number of benzene rings is 2. The van der Waals surface area contributed by atoms with Crippen molar-refractivity contribution in [2.45, 2.75) is 13.5 Å². The molecule has 3 rings (SSSR count). The summed E-state index contributed by atoms with van der Waals surface area (Å²) in [6.45, 7) is 2.56. The summed E-state index contributed by atoms with van der Waals surface area (Å²) in [7, 11) is 0. The molecule has 0 fully saturated rings. The summed E-state index contributed by atoms with van der Waals surface area (Å²) in [6, 6.07) is 21.0. The van der Waals surface area contributed by atoms with Gasteiger partial charge in [0.1, 0.15) is 0 Å². The molecule has 0 bridgehead atoms. The second-order valence-electron chi connectivity index (χ2n) is 6.16. The van der Waals surface area contributed by atoms with Crippen LogP contribution in [-0.2, 0) is 6.54 Å². The SMILES string of the molecule is Cc1ccc[n+](/C(C(=S)NCc2ccccc2)=C(\O)c2cccc(Cl)c2)c1. The zero-order valence-electron chi connectivity index (χ0n) is 14.9. The first-order valence-electron chi connectivity index (χ1n) is 8.54. The number of aliphatic hydroxyl groups excluding tert-OH is 1. The smallest absolute Gasteiger partial charge is 0.288 e. The van der Waals surface area contributed by atoms with Crippen LogP contribution in [0.3, 0.4) is 0 Å². The van der Waals surface area contributed by atoms with E-state index < -0.39 is 0 Å². The Labute approximate surface area is 169 Å². The van der Waals surface area contributed by atoms with E-state index in [1.54, 1.807) is 24.3 Å². The van der Waals surface area contributed by atoms with Gasteiger partial charge in [0.2, 0.25) is 0 Å². The average molecular weight is 396 g/mol. The molecule has 0 aliphatic carbocycles. The van der Waals surface area contributed by atoms with Crippen molar-refractivity contribution in [1.29, 1.82) is 0 Å². The maximum absolute atomic E-state index is 11.0. The van der Waals surface area contributed by atoms with Crippen LogP contribution in [0.1, 0.15) is 16.7 Å². The number of pyridine rings is 1. The van der Waals surface area contributed by atoms with Crippen molar-refractivity contribution in [1.82, 2.24) is 5.32 Å². The number of halogens is 1. The molecule has 3 aromatic rings. The topological polar surface area (TPSA) is 36.1 Å². The Morgan fingerprint density at radius 1 is 1.07 bits per heavy atom. The van der Waals surface area contributed by atoms with E-state index >= 15 is 0 Å². The van der Waals surface area contributed by atoms with Crippen LogP contribution in [0.5, 0.6) is 0 Å². The summed E-state index contributed by atoms with van der Waals surface area (Å²) in [5, 5.41) is 14.8. The van der Waals surface area contributed by atoms with Gasteiger partial charge in [0.25, 0.3) is 5.70 Å². The molecule has 0 aliphatic rings. The Kier molecular flexibility index (Phi) is 6.22. The molecule has 0 atom stereocenters. The first kappa shape index (κ1) is 19.1. The number of aryl methyl sites for hydroxylation is 1. The molecule has 0 radical (unpaired) electrons. The summed E-state index contributed by atoms with van der Waals surface area (Å²) in [6.07, 6.45) is 3.78. The third-order valence-electron chi connectivity index (χ3n) is 4.04. The molecular formula is C22H20ClN2OS+. The Morgan fingerprint density at radius 3 is 2.56 bits per heavy atom. The van der Waals surface area contributed by atoms with Gasteiger partial charge >= 0.3 is 0 Å². The van der Waals surface area contributed by atoms with Gasteiger partial charge in [-0.15, -0.1) is 0 Å². The molecule has 1 aromatic heterocycles. The van der Waals surface area contributed by atoms with Gasteiger partial charge in [-0.2, -0.15) is 4.57 Å². The van der Waals surface area contributed by atoms with Gasteiger partial charge in [-0.05, 0) is 30.7 Å². The molecule has 5 heteroatoms. The van der Waals surface area contributed by atoms with E-state index in [1.165, 1.54) is 0 Å². The minimum absolute atomic E-state index is 0.0682. The Bertz CT molecular complexity index is 986. The first-order chi connectivity index (χ1) is 13.0. The van der Waals surface area contributed by atoms with Gasteiger partial charge in [-0.1, -0.05) is 66.3 Å². The normalized spacial score (nSPS) is 11.6. The number of hydrogen-bond acceptors (Lipinski definition) is 2. The predicted octanol–water partition coefficient (Wildman–Crippen LogP) is 4.94. The number of rotatable bonds is 5.